The molecule has 0 aliphatic carbocycles. The number of halogens is 3. The molecule has 3 aromatic carbocycles. The Morgan fingerprint density at radius 3 is 2.67 bits per heavy atom. The number of benzene rings is 3. The number of aromatic nitrogens is 1. The summed E-state index contributed by atoms with van der Waals surface area (Å²) in [6, 6.07) is 18.5. The number of amidine groups is 1. The molecule has 0 saturated heterocycles. The number of aryl methyl sites for hydroxylation is 1. The molecule has 1 heterocycles. The fourth-order valence-corrected chi connectivity index (χ4v) is 4.72. The number of aliphatic imine (C=N–C) groups is 1. The molecule has 238 valence electrons. The molecule has 0 aliphatic heterocycles. The molecule has 0 bridgehead atoms. The molecule has 1 atom stereocenters. The van der Waals surface area contributed by atoms with E-state index in [0.717, 1.165) is 0 Å². The van der Waals surface area contributed by atoms with Crippen molar-refractivity contribution in [2.24, 2.45) is 4.99 Å². The van der Waals surface area contributed by atoms with Crippen LogP contribution in [-0.4, -0.2) is 54.1 Å². The molecule has 0 radical (unpaired) electrons. The summed E-state index contributed by atoms with van der Waals surface area (Å²) in [7, 11) is 1.59. The Balaban J connectivity index is 1.39. The standard InChI is InChI=1S/C33H31ClF2N6O4/c1-42(30(43)15-13-22-7-5-11-28(36)31(22)34)26(8-6-16-38-32(40-21-37)46-27-9-3-2-4-10-27)20-45-33(44)41-29-18-24-17-25(35)14-12-23(24)19-39-29/h2-5,7,9-12,14,17-19,26H,6,8,13,15-16,20H2,1H3,(H,38,40)(H,39,41,44). The van der Waals surface area contributed by atoms with Crippen molar-refractivity contribution in [2.75, 3.05) is 25.5 Å². The first kappa shape index (κ1) is 33.6. The van der Waals surface area contributed by atoms with Gasteiger partial charge in [-0.15, -0.1) is 0 Å². The highest BCUT2D eigenvalue weighted by molar-refractivity contribution is 6.31. The van der Waals surface area contributed by atoms with Crippen molar-refractivity contribution >= 4 is 46.2 Å². The van der Waals surface area contributed by atoms with Crippen LogP contribution in [0, 0.1) is 23.1 Å². The first-order valence-electron chi connectivity index (χ1n) is 14.3. The maximum Gasteiger partial charge on any atom is 0.412 e. The highest BCUT2D eigenvalue weighted by atomic mass is 35.5. The van der Waals surface area contributed by atoms with Crippen molar-refractivity contribution < 1.29 is 27.8 Å². The summed E-state index contributed by atoms with van der Waals surface area (Å²) in [5.41, 5.74) is 0.503. The summed E-state index contributed by atoms with van der Waals surface area (Å²) in [4.78, 5) is 35.8. The van der Waals surface area contributed by atoms with E-state index in [-0.39, 0.29) is 48.8 Å². The van der Waals surface area contributed by atoms with Crippen LogP contribution in [0.4, 0.5) is 19.4 Å². The topological polar surface area (TPSA) is 129 Å². The van der Waals surface area contributed by atoms with Crippen LogP contribution in [0.5, 0.6) is 5.75 Å². The molecule has 0 fully saturated rings. The van der Waals surface area contributed by atoms with Gasteiger partial charge in [0.05, 0.1) is 11.1 Å². The third-order valence-corrected chi connectivity index (χ3v) is 7.40. The number of pyridine rings is 1. The normalized spacial score (nSPS) is 11.8. The van der Waals surface area contributed by atoms with Gasteiger partial charge in [0.1, 0.15) is 29.8 Å². The van der Waals surface area contributed by atoms with Gasteiger partial charge in [-0.25, -0.2) is 28.9 Å². The fourth-order valence-electron chi connectivity index (χ4n) is 4.50. The van der Waals surface area contributed by atoms with Gasteiger partial charge < -0.3 is 14.4 Å². The minimum Gasteiger partial charge on any atom is -0.447 e. The van der Waals surface area contributed by atoms with Crippen LogP contribution in [0.2, 0.25) is 5.02 Å². The number of hydrogen-bond donors (Lipinski definition) is 2. The number of carbonyl (C=O) groups is 2. The molecule has 4 aromatic rings. The van der Waals surface area contributed by atoms with E-state index < -0.39 is 23.8 Å². The van der Waals surface area contributed by atoms with E-state index >= 15 is 0 Å². The summed E-state index contributed by atoms with van der Waals surface area (Å²) in [5.74, 6) is -0.591. The molecular formula is C33H31ClF2N6O4. The number of carbonyl (C=O) groups excluding carboxylic acids is 2. The van der Waals surface area contributed by atoms with Crippen molar-refractivity contribution in [1.29, 1.82) is 5.26 Å². The van der Waals surface area contributed by atoms with Crippen LogP contribution in [0.3, 0.4) is 0 Å². The number of amides is 2. The van der Waals surface area contributed by atoms with E-state index in [1.165, 1.54) is 41.4 Å². The van der Waals surface area contributed by atoms with Crippen molar-refractivity contribution in [3.05, 3.63) is 101 Å². The average molecular weight is 649 g/mol. The van der Waals surface area contributed by atoms with Crippen LogP contribution in [0.1, 0.15) is 24.8 Å². The number of hydrogen-bond acceptors (Lipinski definition) is 7. The van der Waals surface area contributed by atoms with Gasteiger partial charge >= 0.3 is 12.1 Å². The highest BCUT2D eigenvalue weighted by Crippen LogP contribution is 2.22. The Hall–Kier alpha value is -5.28. The van der Waals surface area contributed by atoms with Crippen LogP contribution in [-0.2, 0) is 16.0 Å². The van der Waals surface area contributed by atoms with E-state index in [9.17, 15) is 18.4 Å². The Morgan fingerprint density at radius 2 is 1.89 bits per heavy atom. The number of nitriles is 1. The van der Waals surface area contributed by atoms with E-state index in [4.69, 9.17) is 26.3 Å². The van der Waals surface area contributed by atoms with Crippen molar-refractivity contribution in [3.8, 4) is 11.9 Å². The Labute approximate surface area is 269 Å². The maximum atomic E-state index is 13.9. The molecule has 0 aliphatic rings. The second kappa shape index (κ2) is 16.7. The second-order valence-electron chi connectivity index (χ2n) is 10.1. The molecule has 2 amide bonds. The first-order valence-corrected chi connectivity index (χ1v) is 14.7. The molecule has 10 nitrogen and oxygen atoms in total. The maximum absolute atomic E-state index is 13.9. The van der Waals surface area contributed by atoms with E-state index in [2.05, 4.69) is 20.6 Å². The van der Waals surface area contributed by atoms with E-state index in [1.54, 1.807) is 49.6 Å². The van der Waals surface area contributed by atoms with Gasteiger partial charge in [-0.1, -0.05) is 41.9 Å². The van der Waals surface area contributed by atoms with Gasteiger partial charge in [0.2, 0.25) is 5.91 Å². The molecule has 46 heavy (non-hydrogen) atoms. The van der Waals surface area contributed by atoms with Gasteiger partial charge in [-0.3, -0.25) is 10.1 Å². The zero-order chi connectivity index (χ0) is 32.9. The van der Waals surface area contributed by atoms with Crippen LogP contribution in [0.15, 0.2) is 84.0 Å². The minimum absolute atomic E-state index is 0.0139. The summed E-state index contributed by atoms with van der Waals surface area (Å²) < 4.78 is 38.6. The average Bonchev–Trinajstić information content (AvgIpc) is 3.05. The second-order valence-corrected chi connectivity index (χ2v) is 10.5. The predicted octanol–water partition coefficient (Wildman–Crippen LogP) is 6.46. The summed E-state index contributed by atoms with van der Waals surface area (Å²) in [6.07, 6.45) is 3.55. The van der Waals surface area contributed by atoms with Crippen molar-refractivity contribution in [1.82, 2.24) is 15.2 Å². The van der Waals surface area contributed by atoms with Gasteiger partial charge in [-0.2, -0.15) is 5.26 Å². The fraction of sp³-hybridized carbons (Fsp3) is 0.242. The van der Waals surface area contributed by atoms with Crippen molar-refractivity contribution in [2.45, 2.75) is 31.7 Å². The Bertz CT molecular complexity index is 1730. The van der Waals surface area contributed by atoms with Gasteiger partial charge in [0.25, 0.3) is 0 Å². The Morgan fingerprint density at radius 1 is 1.09 bits per heavy atom. The lowest BCUT2D eigenvalue weighted by Gasteiger charge is -2.28. The zero-order valence-corrected chi connectivity index (χ0v) is 25.6. The molecule has 1 unspecified atom stereocenters. The van der Waals surface area contributed by atoms with E-state index in [1.807, 2.05) is 6.07 Å². The molecule has 0 spiro atoms. The van der Waals surface area contributed by atoms with Crippen molar-refractivity contribution in [3.63, 3.8) is 0 Å². The minimum atomic E-state index is -0.810. The van der Waals surface area contributed by atoms with Gasteiger partial charge in [0, 0.05) is 31.6 Å². The number of anilines is 1. The quantitative estimate of drug-likeness (QED) is 0.0593. The van der Waals surface area contributed by atoms with Crippen LogP contribution in [0.25, 0.3) is 10.8 Å². The summed E-state index contributed by atoms with van der Waals surface area (Å²) in [5, 5.41) is 15.2. The van der Waals surface area contributed by atoms with Crippen LogP contribution < -0.4 is 15.4 Å². The third kappa shape index (κ3) is 9.87. The smallest absolute Gasteiger partial charge is 0.412 e. The number of nitrogens with one attached hydrogen (secondary N) is 2. The summed E-state index contributed by atoms with van der Waals surface area (Å²) in [6.45, 7) is 0.0720. The lowest BCUT2D eigenvalue weighted by atomic mass is 10.1. The number of para-hydroxylation sites is 1. The summed E-state index contributed by atoms with van der Waals surface area (Å²) >= 11 is 6.06. The molecule has 1 aromatic heterocycles. The molecule has 0 saturated carbocycles. The number of likely N-dealkylation sites (N-methyl/N-ethyl adjacent to an activating group) is 1. The molecule has 2 N–H and O–H groups in total. The first-order chi connectivity index (χ1) is 22.2. The lowest BCUT2D eigenvalue weighted by Crippen LogP contribution is -2.41. The number of rotatable bonds is 12. The highest BCUT2D eigenvalue weighted by Gasteiger charge is 2.22. The molecule has 4 rings (SSSR count). The largest absolute Gasteiger partial charge is 0.447 e. The predicted molar refractivity (Wildman–Crippen MR) is 170 cm³/mol. The van der Waals surface area contributed by atoms with E-state index in [0.29, 0.717) is 34.9 Å². The molecule has 13 heteroatoms. The SMILES string of the molecule is CN(C(=O)CCc1cccc(F)c1Cl)C(CCCN=C(NC#N)Oc1ccccc1)COC(=O)Nc1cc2cc(F)ccc2cn1. The van der Waals surface area contributed by atoms with Gasteiger partial charge in [-0.05, 0) is 72.7 Å². The van der Waals surface area contributed by atoms with Crippen LogP contribution >= 0.6 is 11.6 Å². The zero-order valence-electron chi connectivity index (χ0n) is 24.9. The third-order valence-electron chi connectivity index (χ3n) is 6.97. The monoisotopic (exact) mass is 648 g/mol. The lowest BCUT2D eigenvalue weighted by molar-refractivity contribution is -0.132. The van der Waals surface area contributed by atoms with Gasteiger partial charge in [0.15, 0.2) is 6.19 Å². The number of nitrogens with zero attached hydrogens (tertiary/aromatic N) is 4. The number of fused-ring (bicyclic) bond motifs is 1. The molecular weight excluding hydrogens is 618 g/mol. The number of ether oxygens (including phenoxy) is 2. The Kier molecular flexibility index (Phi) is 12.2.